The SMILES string of the molecule is CCCC1CCCC(NCC(O)CC(C)(C)C)CC1. The minimum Gasteiger partial charge on any atom is -0.392 e. The van der Waals surface area contributed by atoms with Gasteiger partial charge in [-0.1, -0.05) is 53.4 Å². The van der Waals surface area contributed by atoms with Gasteiger partial charge in [0.05, 0.1) is 6.10 Å². The van der Waals surface area contributed by atoms with Crippen molar-refractivity contribution in [3.63, 3.8) is 0 Å². The van der Waals surface area contributed by atoms with Gasteiger partial charge in [0.25, 0.3) is 0 Å². The number of nitrogens with one attached hydrogen (secondary N) is 1. The third-order valence-electron chi connectivity index (χ3n) is 4.28. The Bertz CT molecular complexity index is 234. The fourth-order valence-electron chi connectivity index (χ4n) is 3.36. The minimum absolute atomic E-state index is 0.199. The van der Waals surface area contributed by atoms with Crippen LogP contribution >= 0.6 is 0 Å². The van der Waals surface area contributed by atoms with Gasteiger partial charge in [-0.25, -0.2) is 0 Å². The summed E-state index contributed by atoms with van der Waals surface area (Å²) in [5.74, 6) is 0.955. The van der Waals surface area contributed by atoms with E-state index in [0.717, 1.165) is 18.9 Å². The molecule has 2 heteroatoms. The molecular weight excluding hydrogens is 234 g/mol. The summed E-state index contributed by atoms with van der Waals surface area (Å²) in [6.07, 6.45) is 10.1. The number of rotatable bonds is 6. The summed E-state index contributed by atoms with van der Waals surface area (Å²) < 4.78 is 0. The van der Waals surface area contributed by atoms with Crippen molar-refractivity contribution < 1.29 is 5.11 Å². The molecule has 0 aliphatic heterocycles. The molecule has 0 aromatic heterocycles. The second-order valence-electron chi connectivity index (χ2n) is 7.69. The van der Waals surface area contributed by atoms with Crippen LogP contribution in [-0.2, 0) is 0 Å². The predicted octanol–water partition coefficient (Wildman–Crippen LogP) is 4.12. The second-order valence-corrected chi connectivity index (χ2v) is 7.69. The lowest BCUT2D eigenvalue weighted by molar-refractivity contribution is 0.115. The van der Waals surface area contributed by atoms with Gasteiger partial charge in [-0.15, -0.1) is 0 Å². The van der Waals surface area contributed by atoms with E-state index in [4.69, 9.17) is 0 Å². The molecule has 3 atom stereocenters. The van der Waals surface area contributed by atoms with Gasteiger partial charge in [0, 0.05) is 12.6 Å². The van der Waals surface area contributed by atoms with Crippen molar-refractivity contribution >= 4 is 0 Å². The molecule has 1 fully saturated rings. The van der Waals surface area contributed by atoms with E-state index in [1.54, 1.807) is 0 Å². The van der Waals surface area contributed by atoms with Crippen molar-refractivity contribution in [2.45, 2.75) is 91.2 Å². The number of hydrogen-bond donors (Lipinski definition) is 2. The molecule has 0 amide bonds. The largest absolute Gasteiger partial charge is 0.392 e. The molecule has 3 unspecified atom stereocenters. The third-order valence-corrected chi connectivity index (χ3v) is 4.28. The molecule has 0 aromatic carbocycles. The first-order chi connectivity index (χ1) is 8.90. The Morgan fingerprint density at radius 3 is 2.53 bits per heavy atom. The molecule has 2 nitrogen and oxygen atoms in total. The van der Waals surface area contributed by atoms with Crippen LogP contribution in [0.15, 0.2) is 0 Å². The molecule has 2 N–H and O–H groups in total. The fourth-order valence-corrected chi connectivity index (χ4v) is 3.36. The van der Waals surface area contributed by atoms with Gasteiger partial charge in [-0.2, -0.15) is 0 Å². The number of aliphatic hydroxyl groups is 1. The molecule has 0 heterocycles. The van der Waals surface area contributed by atoms with Crippen molar-refractivity contribution in [1.29, 1.82) is 0 Å². The van der Waals surface area contributed by atoms with Gasteiger partial charge in [0.15, 0.2) is 0 Å². The van der Waals surface area contributed by atoms with E-state index in [1.807, 2.05) is 0 Å². The van der Waals surface area contributed by atoms with E-state index in [-0.39, 0.29) is 11.5 Å². The molecule has 114 valence electrons. The smallest absolute Gasteiger partial charge is 0.0669 e. The highest BCUT2D eigenvalue weighted by Gasteiger charge is 2.20. The van der Waals surface area contributed by atoms with E-state index in [1.165, 1.54) is 44.9 Å². The van der Waals surface area contributed by atoms with Gasteiger partial charge < -0.3 is 10.4 Å². The Hall–Kier alpha value is -0.0800. The van der Waals surface area contributed by atoms with Crippen LogP contribution in [0.1, 0.15) is 79.1 Å². The summed E-state index contributed by atoms with van der Waals surface area (Å²) >= 11 is 0. The van der Waals surface area contributed by atoms with Crippen LogP contribution in [0.2, 0.25) is 0 Å². The maximum atomic E-state index is 10.1. The van der Waals surface area contributed by atoms with Gasteiger partial charge in [0.2, 0.25) is 0 Å². The Balaban J connectivity index is 2.22. The zero-order chi connectivity index (χ0) is 14.3. The standard InChI is InChI=1S/C17H35NO/c1-5-7-14-8-6-9-15(11-10-14)18-13-16(19)12-17(2,3)4/h14-16,18-19H,5-13H2,1-4H3. The monoisotopic (exact) mass is 269 g/mol. The van der Waals surface area contributed by atoms with E-state index in [0.29, 0.717) is 6.04 Å². The van der Waals surface area contributed by atoms with Crippen LogP contribution in [0.5, 0.6) is 0 Å². The third kappa shape index (κ3) is 7.94. The predicted molar refractivity (Wildman–Crippen MR) is 83.4 cm³/mol. The molecule has 1 aliphatic carbocycles. The average molecular weight is 269 g/mol. The maximum absolute atomic E-state index is 10.1. The Labute approximate surface area is 120 Å². The van der Waals surface area contributed by atoms with Crippen LogP contribution in [0, 0.1) is 11.3 Å². The van der Waals surface area contributed by atoms with Gasteiger partial charge in [-0.05, 0) is 37.0 Å². The molecular formula is C17H35NO. The van der Waals surface area contributed by atoms with Crippen molar-refractivity contribution in [3.05, 3.63) is 0 Å². The molecule has 0 radical (unpaired) electrons. The molecule has 1 saturated carbocycles. The van der Waals surface area contributed by atoms with E-state index < -0.39 is 0 Å². The van der Waals surface area contributed by atoms with Gasteiger partial charge in [-0.3, -0.25) is 0 Å². The summed E-state index contributed by atoms with van der Waals surface area (Å²) in [5.41, 5.74) is 0.219. The highest BCUT2D eigenvalue weighted by atomic mass is 16.3. The first-order valence-electron chi connectivity index (χ1n) is 8.32. The van der Waals surface area contributed by atoms with Crippen molar-refractivity contribution in [1.82, 2.24) is 5.32 Å². The molecule has 1 rings (SSSR count). The highest BCUT2D eigenvalue weighted by molar-refractivity contribution is 4.77. The molecule has 0 saturated heterocycles. The summed E-state index contributed by atoms with van der Waals surface area (Å²) in [6, 6.07) is 0.636. The normalized spacial score (nSPS) is 27.0. The summed E-state index contributed by atoms with van der Waals surface area (Å²) in [7, 11) is 0. The second kappa shape index (κ2) is 8.26. The van der Waals surface area contributed by atoms with Crippen LogP contribution in [0.25, 0.3) is 0 Å². The molecule has 0 spiro atoms. The molecule has 0 bridgehead atoms. The summed E-state index contributed by atoms with van der Waals surface area (Å²) in [5, 5.41) is 13.7. The number of aliphatic hydroxyl groups excluding tert-OH is 1. The zero-order valence-corrected chi connectivity index (χ0v) is 13.5. The Kier molecular flexibility index (Phi) is 7.38. The minimum atomic E-state index is -0.199. The van der Waals surface area contributed by atoms with Gasteiger partial charge in [0.1, 0.15) is 0 Å². The van der Waals surface area contributed by atoms with Gasteiger partial charge >= 0.3 is 0 Å². The lowest BCUT2D eigenvalue weighted by Gasteiger charge is -2.24. The summed E-state index contributed by atoms with van der Waals surface area (Å²) in [6.45, 7) is 9.63. The van der Waals surface area contributed by atoms with Crippen LogP contribution < -0.4 is 5.32 Å². The van der Waals surface area contributed by atoms with E-state index >= 15 is 0 Å². The fraction of sp³-hybridized carbons (Fsp3) is 1.00. The lowest BCUT2D eigenvalue weighted by Crippen LogP contribution is -2.36. The highest BCUT2D eigenvalue weighted by Crippen LogP contribution is 2.27. The molecule has 19 heavy (non-hydrogen) atoms. The maximum Gasteiger partial charge on any atom is 0.0669 e. The lowest BCUT2D eigenvalue weighted by atomic mass is 9.89. The zero-order valence-electron chi connectivity index (χ0n) is 13.5. The van der Waals surface area contributed by atoms with Crippen LogP contribution in [0.3, 0.4) is 0 Å². The van der Waals surface area contributed by atoms with E-state index in [2.05, 4.69) is 33.0 Å². The van der Waals surface area contributed by atoms with Crippen molar-refractivity contribution in [3.8, 4) is 0 Å². The topological polar surface area (TPSA) is 32.3 Å². The van der Waals surface area contributed by atoms with Crippen LogP contribution in [0.4, 0.5) is 0 Å². The Morgan fingerprint density at radius 1 is 1.16 bits per heavy atom. The van der Waals surface area contributed by atoms with Crippen molar-refractivity contribution in [2.75, 3.05) is 6.54 Å². The molecule has 0 aromatic rings. The average Bonchev–Trinajstić information content (AvgIpc) is 2.50. The Morgan fingerprint density at radius 2 is 1.89 bits per heavy atom. The molecule has 1 aliphatic rings. The first kappa shape index (κ1) is 17.0. The quantitative estimate of drug-likeness (QED) is 0.711. The summed E-state index contributed by atoms with van der Waals surface area (Å²) in [4.78, 5) is 0. The number of hydrogen-bond acceptors (Lipinski definition) is 2. The van der Waals surface area contributed by atoms with Crippen LogP contribution in [-0.4, -0.2) is 23.8 Å². The first-order valence-corrected chi connectivity index (χ1v) is 8.32. The van der Waals surface area contributed by atoms with E-state index in [9.17, 15) is 5.11 Å². The van der Waals surface area contributed by atoms with Crippen molar-refractivity contribution in [2.24, 2.45) is 11.3 Å².